The molecule has 358 valence electrons. The molecule has 0 amide bonds. The summed E-state index contributed by atoms with van der Waals surface area (Å²) in [7, 11) is 0. The summed E-state index contributed by atoms with van der Waals surface area (Å²) in [5.41, 5.74) is 28.9. The van der Waals surface area contributed by atoms with Gasteiger partial charge in [0.1, 0.15) is 11.2 Å². The van der Waals surface area contributed by atoms with Crippen molar-refractivity contribution in [3.8, 4) is 123 Å². The quantitative estimate of drug-likeness (QED) is 0.177. The minimum atomic E-state index is -0.220. The highest BCUT2D eigenvalue weighted by Gasteiger charge is 2.31. The predicted octanol–water partition coefficient (Wildman–Crippen LogP) is 19.9. The number of benzene rings is 9. The van der Waals surface area contributed by atoms with Gasteiger partial charge in [0.15, 0.2) is 0 Å². The molecule has 14 rings (SSSR count). The highest BCUT2D eigenvalue weighted by molar-refractivity contribution is 6.11. The zero-order valence-corrected chi connectivity index (χ0v) is 43.1. The Balaban J connectivity index is 0.989. The molecular formula is C72H54N2O. The molecule has 0 bridgehead atoms. The minimum Gasteiger partial charge on any atom is -0.455 e. The maximum absolute atomic E-state index is 6.61. The van der Waals surface area contributed by atoms with Crippen molar-refractivity contribution in [1.82, 2.24) is 9.97 Å². The molecule has 2 aliphatic rings. The van der Waals surface area contributed by atoms with E-state index in [0.717, 1.165) is 78.0 Å². The van der Waals surface area contributed by atoms with Gasteiger partial charge in [0.25, 0.3) is 0 Å². The van der Waals surface area contributed by atoms with E-state index in [1.54, 1.807) is 0 Å². The number of furan rings is 1. The minimum absolute atomic E-state index is 0.213. The van der Waals surface area contributed by atoms with Crippen LogP contribution in [-0.4, -0.2) is 9.97 Å². The van der Waals surface area contributed by atoms with E-state index in [-0.39, 0.29) is 10.8 Å². The van der Waals surface area contributed by atoms with Crippen LogP contribution in [0.5, 0.6) is 0 Å². The summed E-state index contributed by atoms with van der Waals surface area (Å²) in [5.74, 6) is 0. The number of nitrogens with zero attached hydrogens (tertiary/aromatic N) is 2. The lowest BCUT2D eigenvalue weighted by Gasteiger charge is -2.30. The Morgan fingerprint density at radius 1 is 0.293 bits per heavy atom. The normalized spacial score (nSPS) is 12.4. The Kier molecular flexibility index (Phi) is 10.0. The van der Waals surface area contributed by atoms with E-state index in [2.05, 4.69) is 248 Å². The zero-order valence-electron chi connectivity index (χ0n) is 43.1. The van der Waals surface area contributed by atoms with Gasteiger partial charge in [-0.2, -0.15) is 0 Å². The van der Waals surface area contributed by atoms with Crippen LogP contribution < -0.4 is 0 Å². The first-order chi connectivity index (χ1) is 36.5. The maximum Gasteiger partial charge on any atom is 0.143 e. The van der Waals surface area contributed by atoms with E-state index in [9.17, 15) is 0 Å². The number of aromatic nitrogens is 2. The summed E-state index contributed by atoms with van der Waals surface area (Å²) in [6, 6.07) is 78.0. The van der Waals surface area contributed by atoms with Crippen LogP contribution in [0.25, 0.3) is 145 Å². The third-order valence-corrected chi connectivity index (χ3v) is 15.8. The summed E-state index contributed by atoms with van der Waals surface area (Å²) in [6.45, 7) is 13.9. The molecule has 0 aliphatic heterocycles. The summed E-state index contributed by atoms with van der Waals surface area (Å²) >= 11 is 0. The van der Waals surface area contributed by atoms with Gasteiger partial charge in [-0.25, -0.2) is 4.98 Å². The lowest BCUT2D eigenvalue weighted by Crippen LogP contribution is -2.20. The Labute approximate surface area is 438 Å². The summed E-state index contributed by atoms with van der Waals surface area (Å²) in [5, 5.41) is 2.26. The van der Waals surface area contributed by atoms with Crippen LogP contribution in [-0.2, 0) is 10.8 Å². The smallest absolute Gasteiger partial charge is 0.143 e. The molecule has 3 nitrogen and oxygen atoms in total. The van der Waals surface area contributed by atoms with Gasteiger partial charge >= 0.3 is 0 Å². The summed E-state index contributed by atoms with van der Waals surface area (Å²) < 4.78 is 6.61. The SMILES string of the molecule is CC(C)(C)c1cc(C(C)(C)C)c(-c2ccc3c(c2)-c2ccccc2-c2ccccc2-c2ncccc2-3)nc1-c1ccc2c(c1)-c1ccccc1-c1ccccc1-c1cc(-c3cccc4c3oc3ccccc34)ccc1-2. The fourth-order valence-electron chi connectivity index (χ4n) is 12.2. The second-order valence-electron chi connectivity index (χ2n) is 22.4. The molecule has 75 heavy (non-hydrogen) atoms. The molecule has 9 aromatic carbocycles. The maximum atomic E-state index is 6.61. The third kappa shape index (κ3) is 7.17. The van der Waals surface area contributed by atoms with Crippen molar-refractivity contribution >= 4 is 21.9 Å². The molecule has 2 aliphatic carbocycles. The Bertz CT molecular complexity index is 4320. The number of rotatable bonds is 3. The second kappa shape index (κ2) is 16.8. The zero-order chi connectivity index (χ0) is 50.7. The average Bonchev–Trinajstić information content (AvgIpc) is 3.86. The first-order valence-electron chi connectivity index (χ1n) is 26.2. The van der Waals surface area contributed by atoms with Crippen LogP contribution in [0.15, 0.2) is 223 Å². The average molecular weight is 963 g/mol. The highest BCUT2D eigenvalue weighted by atomic mass is 16.3. The number of hydrogen-bond donors (Lipinski definition) is 0. The topological polar surface area (TPSA) is 38.9 Å². The molecule has 0 radical (unpaired) electrons. The molecule has 0 saturated heterocycles. The van der Waals surface area contributed by atoms with Crippen LogP contribution in [0.4, 0.5) is 0 Å². The Morgan fingerprint density at radius 3 is 1.21 bits per heavy atom. The molecule has 0 spiro atoms. The molecule has 3 heterocycles. The van der Waals surface area contributed by atoms with E-state index in [1.807, 2.05) is 12.3 Å². The van der Waals surface area contributed by atoms with E-state index in [0.29, 0.717) is 0 Å². The largest absolute Gasteiger partial charge is 0.455 e. The van der Waals surface area contributed by atoms with Gasteiger partial charge in [-0.1, -0.05) is 224 Å². The number of pyridine rings is 2. The lowest BCUT2D eigenvalue weighted by atomic mass is 9.76. The monoisotopic (exact) mass is 962 g/mol. The molecule has 12 aromatic rings. The van der Waals surface area contributed by atoms with Crippen LogP contribution in [0.2, 0.25) is 0 Å². The van der Waals surface area contributed by atoms with Crippen molar-refractivity contribution in [1.29, 1.82) is 0 Å². The van der Waals surface area contributed by atoms with Gasteiger partial charge in [-0.3, -0.25) is 4.98 Å². The highest BCUT2D eigenvalue weighted by Crippen LogP contribution is 2.52. The lowest BCUT2D eigenvalue weighted by molar-refractivity contribution is 0.567. The summed E-state index contributed by atoms with van der Waals surface area (Å²) in [4.78, 5) is 11.0. The van der Waals surface area contributed by atoms with Crippen LogP contribution in [0.1, 0.15) is 52.7 Å². The molecule has 3 heteroatoms. The van der Waals surface area contributed by atoms with Crippen LogP contribution in [0, 0.1) is 0 Å². The number of para-hydroxylation sites is 2. The van der Waals surface area contributed by atoms with Gasteiger partial charge in [-0.05, 0) is 130 Å². The molecular weight excluding hydrogens is 909 g/mol. The van der Waals surface area contributed by atoms with Crippen molar-refractivity contribution in [3.63, 3.8) is 0 Å². The van der Waals surface area contributed by atoms with Crippen molar-refractivity contribution in [3.05, 3.63) is 230 Å². The Morgan fingerprint density at radius 2 is 0.680 bits per heavy atom. The van der Waals surface area contributed by atoms with Gasteiger partial charge < -0.3 is 4.42 Å². The van der Waals surface area contributed by atoms with Gasteiger partial charge in [0, 0.05) is 44.8 Å². The van der Waals surface area contributed by atoms with Crippen molar-refractivity contribution in [2.45, 2.75) is 52.4 Å². The number of hydrogen-bond acceptors (Lipinski definition) is 3. The molecule has 0 saturated carbocycles. The molecule has 0 N–H and O–H groups in total. The molecule has 0 atom stereocenters. The number of fused-ring (bicyclic) bond motifs is 19. The van der Waals surface area contributed by atoms with E-state index in [4.69, 9.17) is 14.4 Å². The summed E-state index contributed by atoms with van der Waals surface area (Å²) in [6.07, 6.45) is 1.91. The standard InChI is InChI=1S/C72H54N2O/c1-71(2,3)64-42-65(72(4,5)6)68(45-34-37-56-59-30-18-38-73-69(59)58-27-14-13-22-50(58)49-21-9-12-25-53(49)63(56)41-45)74-67(64)44-33-36-55-54-35-32-43(46-28-17-29-60-57-26-15-16-31-66(57)75-70(46)60)39-61(54)51-23-10-7-19-47(51)48-20-8-11-24-52(48)62(55)40-44/h7-42H,1-6H3. The fourth-order valence-corrected chi connectivity index (χ4v) is 12.2. The fraction of sp³-hybridized carbons (Fsp3) is 0.111. The van der Waals surface area contributed by atoms with Gasteiger partial charge in [-0.15, -0.1) is 0 Å². The third-order valence-electron chi connectivity index (χ3n) is 15.8. The molecule has 0 fully saturated rings. The van der Waals surface area contributed by atoms with Gasteiger partial charge in [0.05, 0.1) is 17.1 Å². The van der Waals surface area contributed by atoms with Gasteiger partial charge in [0.2, 0.25) is 0 Å². The van der Waals surface area contributed by atoms with E-state index in [1.165, 1.54) is 77.9 Å². The predicted molar refractivity (Wildman–Crippen MR) is 314 cm³/mol. The van der Waals surface area contributed by atoms with Crippen molar-refractivity contribution in [2.24, 2.45) is 0 Å². The first-order valence-corrected chi connectivity index (χ1v) is 26.2. The first kappa shape index (κ1) is 44.8. The molecule has 3 aromatic heterocycles. The second-order valence-corrected chi connectivity index (χ2v) is 22.4. The van der Waals surface area contributed by atoms with E-state index < -0.39 is 0 Å². The Hall–Kier alpha value is -8.92. The van der Waals surface area contributed by atoms with E-state index >= 15 is 0 Å². The molecule has 0 unspecified atom stereocenters. The van der Waals surface area contributed by atoms with Crippen molar-refractivity contribution < 1.29 is 4.42 Å². The van der Waals surface area contributed by atoms with Crippen LogP contribution >= 0.6 is 0 Å². The van der Waals surface area contributed by atoms with Crippen molar-refractivity contribution in [2.75, 3.05) is 0 Å². The van der Waals surface area contributed by atoms with Crippen LogP contribution in [0.3, 0.4) is 0 Å².